The van der Waals surface area contributed by atoms with Gasteiger partial charge in [0.25, 0.3) is 11.8 Å². The van der Waals surface area contributed by atoms with Crippen LogP contribution in [0.3, 0.4) is 0 Å². The molecule has 1 N–H and O–H groups in total. The molecule has 1 saturated heterocycles. The summed E-state index contributed by atoms with van der Waals surface area (Å²) >= 11 is 0. The van der Waals surface area contributed by atoms with Crippen LogP contribution in [0.2, 0.25) is 0 Å². The van der Waals surface area contributed by atoms with E-state index in [0.29, 0.717) is 12.2 Å². The van der Waals surface area contributed by atoms with E-state index < -0.39 is 17.8 Å². The number of aryl methyl sites for hydroxylation is 1. The van der Waals surface area contributed by atoms with Gasteiger partial charge in [0, 0.05) is 17.9 Å². The van der Waals surface area contributed by atoms with Crippen LogP contribution in [0.1, 0.15) is 24.7 Å². The normalized spacial score (nSPS) is 21.1. The lowest BCUT2D eigenvalue weighted by Crippen LogP contribution is -2.54. The molecule has 0 spiro atoms. The summed E-state index contributed by atoms with van der Waals surface area (Å²) in [6, 6.07) is 6.93. The molecular formula is C20H18FN3O4. The molecule has 1 atom stereocenters. The molecule has 2 aromatic rings. The number of carbonyl (C=O) groups is 3. The number of urea groups is 1. The number of fused-ring (bicyclic) bond motifs is 1. The number of furan rings is 1. The van der Waals surface area contributed by atoms with Gasteiger partial charge in [-0.05, 0) is 55.7 Å². The van der Waals surface area contributed by atoms with Crippen LogP contribution in [-0.4, -0.2) is 28.8 Å². The lowest BCUT2D eigenvalue weighted by atomic mass is 9.96. The molecule has 1 aromatic carbocycles. The fourth-order valence-electron chi connectivity index (χ4n) is 3.47. The number of halogens is 1. The summed E-state index contributed by atoms with van der Waals surface area (Å²) in [4.78, 5) is 40.1. The number of barbiturate groups is 1. The maximum absolute atomic E-state index is 13.6. The van der Waals surface area contributed by atoms with Crippen molar-refractivity contribution < 1.29 is 23.2 Å². The average Bonchev–Trinajstić information content (AvgIpc) is 3.17. The Morgan fingerprint density at radius 1 is 1.29 bits per heavy atom. The third kappa shape index (κ3) is 3.17. The second kappa shape index (κ2) is 6.95. The maximum Gasteiger partial charge on any atom is 0.331 e. The predicted octanol–water partition coefficient (Wildman–Crippen LogP) is 2.72. The predicted molar refractivity (Wildman–Crippen MR) is 97.5 cm³/mol. The molecule has 3 heterocycles. The molecule has 0 bridgehead atoms. The summed E-state index contributed by atoms with van der Waals surface area (Å²) in [6.45, 7) is 1.87. The Morgan fingerprint density at radius 2 is 2.11 bits per heavy atom. The van der Waals surface area contributed by atoms with Crippen LogP contribution in [0.5, 0.6) is 0 Å². The number of benzene rings is 1. The number of nitrogens with one attached hydrogen (secondary N) is 1. The third-order valence-electron chi connectivity index (χ3n) is 4.97. The highest BCUT2D eigenvalue weighted by atomic mass is 19.1. The van der Waals surface area contributed by atoms with E-state index in [0.717, 1.165) is 22.6 Å². The van der Waals surface area contributed by atoms with E-state index in [4.69, 9.17) is 4.42 Å². The first-order valence-corrected chi connectivity index (χ1v) is 8.92. The lowest BCUT2D eigenvalue weighted by Gasteiger charge is -2.35. The Morgan fingerprint density at radius 3 is 2.86 bits per heavy atom. The SMILES string of the molecule is C[C@@H]1CCc2cc(F)ccc2N1/C=C1/C(=O)NC(=O)N(Cc2ccco2)C1=O. The molecule has 8 heteroatoms. The molecule has 0 radical (unpaired) electrons. The van der Waals surface area contributed by atoms with Crippen molar-refractivity contribution >= 4 is 23.5 Å². The van der Waals surface area contributed by atoms with Crippen molar-refractivity contribution in [1.82, 2.24) is 10.2 Å². The quantitative estimate of drug-likeness (QED) is 0.651. The standard InChI is InChI=1S/C20H18FN3O4/c1-12-4-5-13-9-14(21)6-7-17(13)23(12)11-16-18(25)22-20(27)24(19(16)26)10-15-3-2-8-28-15/h2-3,6-9,11-12H,4-5,10H2,1H3,(H,22,25,27)/b16-11-/t12-/m1/s1. The summed E-state index contributed by atoms with van der Waals surface area (Å²) in [6.07, 6.45) is 4.33. The van der Waals surface area contributed by atoms with Gasteiger partial charge in [-0.15, -0.1) is 0 Å². The van der Waals surface area contributed by atoms with Crippen molar-refractivity contribution in [2.75, 3.05) is 4.90 Å². The second-order valence-corrected chi connectivity index (χ2v) is 6.84. The molecule has 1 fully saturated rings. The fourth-order valence-corrected chi connectivity index (χ4v) is 3.47. The van der Waals surface area contributed by atoms with Gasteiger partial charge in [0.05, 0.1) is 12.8 Å². The number of anilines is 1. The van der Waals surface area contributed by atoms with Crippen LogP contribution < -0.4 is 10.2 Å². The minimum atomic E-state index is -0.794. The van der Waals surface area contributed by atoms with Crippen LogP contribution >= 0.6 is 0 Å². The Kier molecular flexibility index (Phi) is 4.46. The zero-order chi connectivity index (χ0) is 19.8. The monoisotopic (exact) mass is 383 g/mol. The molecule has 28 heavy (non-hydrogen) atoms. The molecule has 0 unspecified atom stereocenters. The highest BCUT2D eigenvalue weighted by molar-refractivity contribution is 6.28. The Labute approximate surface area is 160 Å². The number of hydrogen-bond donors (Lipinski definition) is 1. The largest absolute Gasteiger partial charge is 0.467 e. The van der Waals surface area contributed by atoms with Crippen LogP contribution in [-0.2, 0) is 22.6 Å². The van der Waals surface area contributed by atoms with Gasteiger partial charge in [-0.3, -0.25) is 19.8 Å². The first-order chi connectivity index (χ1) is 13.4. The molecule has 4 amide bonds. The molecule has 1 aromatic heterocycles. The van der Waals surface area contributed by atoms with Crippen molar-refractivity contribution in [3.63, 3.8) is 0 Å². The number of rotatable bonds is 3. The first-order valence-electron chi connectivity index (χ1n) is 8.92. The Bertz CT molecular complexity index is 983. The van der Waals surface area contributed by atoms with Gasteiger partial charge in [0.2, 0.25) is 0 Å². The molecule has 2 aliphatic rings. The van der Waals surface area contributed by atoms with E-state index in [1.54, 1.807) is 23.1 Å². The van der Waals surface area contributed by atoms with Crippen molar-refractivity contribution in [2.24, 2.45) is 0 Å². The molecule has 7 nitrogen and oxygen atoms in total. The van der Waals surface area contributed by atoms with Gasteiger partial charge < -0.3 is 9.32 Å². The van der Waals surface area contributed by atoms with Gasteiger partial charge in [-0.2, -0.15) is 0 Å². The van der Waals surface area contributed by atoms with E-state index in [1.807, 2.05) is 6.92 Å². The molecular weight excluding hydrogens is 365 g/mol. The Hall–Kier alpha value is -3.42. The van der Waals surface area contributed by atoms with Gasteiger partial charge in [-0.25, -0.2) is 9.18 Å². The highest BCUT2D eigenvalue weighted by Gasteiger charge is 2.37. The zero-order valence-corrected chi connectivity index (χ0v) is 15.1. The molecule has 0 saturated carbocycles. The number of carbonyl (C=O) groups excluding carboxylic acids is 3. The third-order valence-corrected chi connectivity index (χ3v) is 4.97. The fraction of sp³-hybridized carbons (Fsp3) is 0.250. The van der Waals surface area contributed by atoms with Gasteiger partial charge >= 0.3 is 6.03 Å². The van der Waals surface area contributed by atoms with Crippen molar-refractivity contribution in [2.45, 2.75) is 32.4 Å². The molecule has 2 aliphatic heterocycles. The average molecular weight is 383 g/mol. The number of hydrogen-bond acceptors (Lipinski definition) is 5. The van der Waals surface area contributed by atoms with E-state index in [2.05, 4.69) is 5.32 Å². The topological polar surface area (TPSA) is 82.9 Å². The number of imide groups is 2. The summed E-state index contributed by atoms with van der Waals surface area (Å²) in [7, 11) is 0. The van der Waals surface area contributed by atoms with Crippen LogP contribution in [0.15, 0.2) is 52.8 Å². The number of nitrogens with zero attached hydrogens (tertiary/aromatic N) is 2. The smallest absolute Gasteiger partial charge is 0.331 e. The molecule has 4 rings (SSSR count). The summed E-state index contributed by atoms with van der Waals surface area (Å²) in [5.74, 6) is -1.37. The van der Waals surface area contributed by atoms with Crippen molar-refractivity contribution in [3.05, 3.63) is 65.5 Å². The Balaban J connectivity index is 1.69. The van der Waals surface area contributed by atoms with Crippen LogP contribution in [0.4, 0.5) is 14.9 Å². The number of amides is 4. The van der Waals surface area contributed by atoms with Crippen molar-refractivity contribution in [3.8, 4) is 0 Å². The minimum absolute atomic E-state index is 0.00205. The van der Waals surface area contributed by atoms with Crippen molar-refractivity contribution in [1.29, 1.82) is 0 Å². The summed E-state index contributed by atoms with van der Waals surface area (Å²) < 4.78 is 18.8. The van der Waals surface area contributed by atoms with Gasteiger partial charge in [0.1, 0.15) is 17.2 Å². The molecule has 0 aliphatic carbocycles. The maximum atomic E-state index is 13.6. The van der Waals surface area contributed by atoms with Crippen LogP contribution in [0, 0.1) is 5.82 Å². The van der Waals surface area contributed by atoms with E-state index in [9.17, 15) is 18.8 Å². The van der Waals surface area contributed by atoms with Gasteiger partial charge in [0.15, 0.2) is 0 Å². The first kappa shape index (κ1) is 18.0. The van der Waals surface area contributed by atoms with E-state index in [1.165, 1.54) is 24.6 Å². The van der Waals surface area contributed by atoms with Crippen LogP contribution in [0.25, 0.3) is 0 Å². The highest BCUT2D eigenvalue weighted by Crippen LogP contribution is 2.32. The molecule has 144 valence electrons. The minimum Gasteiger partial charge on any atom is -0.467 e. The zero-order valence-electron chi connectivity index (χ0n) is 15.1. The van der Waals surface area contributed by atoms with E-state index in [-0.39, 0.29) is 24.0 Å². The summed E-state index contributed by atoms with van der Waals surface area (Å²) in [5, 5.41) is 2.19. The lowest BCUT2D eigenvalue weighted by molar-refractivity contribution is -0.130. The summed E-state index contributed by atoms with van der Waals surface area (Å²) in [5.41, 5.74) is 1.39. The van der Waals surface area contributed by atoms with Gasteiger partial charge in [-0.1, -0.05) is 0 Å². The van der Waals surface area contributed by atoms with E-state index >= 15 is 0 Å². The second-order valence-electron chi connectivity index (χ2n) is 6.84.